The lowest BCUT2D eigenvalue weighted by atomic mass is 9.89. The number of benzene rings is 1. The van der Waals surface area contributed by atoms with E-state index in [2.05, 4.69) is 26.0 Å². The molecule has 0 fully saturated rings. The number of fused-ring (bicyclic) bond motifs is 1. The molecule has 84 valence electrons. The number of hydrogen-bond acceptors (Lipinski definition) is 2. The first-order valence-electron chi connectivity index (χ1n) is 5.15. The molecule has 1 aromatic carbocycles. The van der Waals surface area contributed by atoms with Crippen LogP contribution in [0.4, 0.5) is 0 Å². The Kier molecular flexibility index (Phi) is 4.14. The molecule has 3 heteroatoms. The molecule has 0 unspecified atom stereocenters. The minimum absolute atomic E-state index is 0. The van der Waals surface area contributed by atoms with Gasteiger partial charge < -0.3 is 10.5 Å². The van der Waals surface area contributed by atoms with Crippen LogP contribution in [-0.4, -0.2) is 6.10 Å². The van der Waals surface area contributed by atoms with E-state index >= 15 is 0 Å². The van der Waals surface area contributed by atoms with Crippen molar-refractivity contribution < 1.29 is 4.74 Å². The predicted octanol–water partition coefficient (Wildman–Crippen LogP) is 2.66. The van der Waals surface area contributed by atoms with Crippen LogP contribution in [0.3, 0.4) is 0 Å². The fraction of sp³-hybridized carbons (Fsp3) is 0.500. The van der Waals surface area contributed by atoms with E-state index in [4.69, 9.17) is 10.5 Å². The molecule has 1 heterocycles. The monoisotopic (exact) mass is 227 g/mol. The summed E-state index contributed by atoms with van der Waals surface area (Å²) in [6.07, 6.45) is 0.157. The SMILES string of the molecule is CC(C)[C@@H]1OCc2ccccc2[C@@H]1N.Cl. The lowest BCUT2D eigenvalue weighted by molar-refractivity contribution is -0.0194. The highest BCUT2D eigenvalue weighted by atomic mass is 35.5. The Hall–Kier alpha value is -0.570. The Morgan fingerprint density at radius 3 is 2.67 bits per heavy atom. The van der Waals surface area contributed by atoms with E-state index in [0.29, 0.717) is 12.5 Å². The number of halogens is 1. The van der Waals surface area contributed by atoms with Crippen molar-refractivity contribution in [2.24, 2.45) is 11.7 Å². The van der Waals surface area contributed by atoms with Crippen LogP contribution in [0.15, 0.2) is 24.3 Å². The molecule has 0 spiro atoms. The lowest BCUT2D eigenvalue weighted by Gasteiger charge is -2.33. The summed E-state index contributed by atoms with van der Waals surface area (Å²) in [6, 6.07) is 8.30. The topological polar surface area (TPSA) is 35.2 Å². The first-order chi connectivity index (χ1) is 6.70. The summed E-state index contributed by atoms with van der Waals surface area (Å²) >= 11 is 0. The standard InChI is InChI=1S/C12H17NO.ClH/c1-8(2)12-11(13)10-6-4-3-5-9(10)7-14-12;/h3-6,8,11-12H,7,13H2,1-2H3;1H/t11-,12-;/m0./s1. The average molecular weight is 228 g/mol. The van der Waals surface area contributed by atoms with Crippen molar-refractivity contribution in [3.63, 3.8) is 0 Å². The fourth-order valence-electron chi connectivity index (χ4n) is 2.06. The summed E-state index contributed by atoms with van der Waals surface area (Å²) in [6.45, 7) is 5.00. The highest BCUT2D eigenvalue weighted by Crippen LogP contribution is 2.30. The summed E-state index contributed by atoms with van der Waals surface area (Å²) in [7, 11) is 0. The predicted molar refractivity (Wildman–Crippen MR) is 64.0 cm³/mol. The molecule has 0 aliphatic carbocycles. The van der Waals surface area contributed by atoms with E-state index in [9.17, 15) is 0 Å². The Bertz CT molecular complexity index is 327. The van der Waals surface area contributed by atoms with Gasteiger partial charge in [-0.2, -0.15) is 0 Å². The molecule has 2 atom stereocenters. The van der Waals surface area contributed by atoms with Gasteiger partial charge in [-0.15, -0.1) is 12.4 Å². The zero-order chi connectivity index (χ0) is 10.1. The maximum Gasteiger partial charge on any atom is 0.0795 e. The fourth-order valence-corrected chi connectivity index (χ4v) is 2.06. The maximum atomic E-state index is 6.17. The molecule has 2 rings (SSSR count). The number of ether oxygens (including phenoxy) is 1. The van der Waals surface area contributed by atoms with Crippen LogP contribution in [0.1, 0.15) is 31.0 Å². The van der Waals surface area contributed by atoms with Gasteiger partial charge in [0, 0.05) is 0 Å². The Balaban J connectivity index is 0.00000112. The molecule has 1 aliphatic heterocycles. The van der Waals surface area contributed by atoms with Crippen LogP contribution in [0.5, 0.6) is 0 Å². The second kappa shape index (κ2) is 4.97. The smallest absolute Gasteiger partial charge is 0.0795 e. The maximum absolute atomic E-state index is 6.17. The molecular formula is C12H18ClNO. The first kappa shape index (κ1) is 12.5. The average Bonchev–Trinajstić information content (AvgIpc) is 2.18. The van der Waals surface area contributed by atoms with Crippen LogP contribution >= 0.6 is 12.4 Å². The van der Waals surface area contributed by atoms with Crippen molar-refractivity contribution in [1.82, 2.24) is 0 Å². The van der Waals surface area contributed by atoms with E-state index in [1.807, 2.05) is 12.1 Å². The molecule has 1 aromatic rings. The Morgan fingerprint density at radius 1 is 1.33 bits per heavy atom. The molecule has 0 saturated heterocycles. The van der Waals surface area contributed by atoms with Crippen molar-refractivity contribution in [2.45, 2.75) is 32.6 Å². The number of rotatable bonds is 1. The van der Waals surface area contributed by atoms with Gasteiger partial charge in [-0.3, -0.25) is 0 Å². The molecule has 2 nitrogen and oxygen atoms in total. The van der Waals surface area contributed by atoms with E-state index in [-0.39, 0.29) is 24.6 Å². The van der Waals surface area contributed by atoms with Crippen LogP contribution in [-0.2, 0) is 11.3 Å². The minimum atomic E-state index is 0. The molecule has 0 aromatic heterocycles. The Labute approximate surface area is 97.2 Å². The number of hydrogen-bond donors (Lipinski definition) is 1. The van der Waals surface area contributed by atoms with E-state index in [1.165, 1.54) is 11.1 Å². The van der Waals surface area contributed by atoms with Gasteiger partial charge in [0.2, 0.25) is 0 Å². The summed E-state index contributed by atoms with van der Waals surface area (Å²) < 4.78 is 5.75. The van der Waals surface area contributed by atoms with E-state index in [0.717, 1.165) is 0 Å². The van der Waals surface area contributed by atoms with Gasteiger partial charge in [0.15, 0.2) is 0 Å². The van der Waals surface area contributed by atoms with Crippen LogP contribution in [0, 0.1) is 5.92 Å². The molecule has 0 bridgehead atoms. The molecule has 0 saturated carbocycles. The Morgan fingerprint density at radius 2 is 2.00 bits per heavy atom. The van der Waals surface area contributed by atoms with Crippen LogP contribution < -0.4 is 5.73 Å². The van der Waals surface area contributed by atoms with Crippen molar-refractivity contribution in [2.75, 3.05) is 0 Å². The highest BCUT2D eigenvalue weighted by molar-refractivity contribution is 5.85. The number of nitrogens with two attached hydrogens (primary N) is 1. The second-order valence-corrected chi connectivity index (χ2v) is 4.24. The largest absolute Gasteiger partial charge is 0.371 e. The van der Waals surface area contributed by atoms with Crippen LogP contribution in [0.25, 0.3) is 0 Å². The molecule has 15 heavy (non-hydrogen) atoms. The van der Waals surface area contributed by atoms with Crippen LogP contribution in [0.2, 0.25) is 0 Å². The van der Waals surface area contributed by atoms with Gasteiger partial charge in [-0.25, -0.2) is 0 Å². The molecule has 1 aliphatic rings. The van der Waals surface area contributed by atoms with Gasteiger partial charge in [0.1, 0.15) is 0 Å². The zero-order valence-corrected chi connectivity index (χ0v) is 9.96. The van der Waals surface area contributed by atoms with Crippen molar-refractivity contribution in [1.29, 1.82) is 0 Å². The molecule has 2 N–H and O–H groups in total. The normalized spacial score (nSPS) is 24.5. The zero-order valence-electron chi connectivity index (χ0n) is 9.14. The quantitative estimate of drug-likeness (QED) is 0.801. The van der Waals surface area contributed by atoms with Gasteiger partial charge in [-0.1, -0.05) is 38.1 Å². The summed E-state index contributed by atoms with van der Waals surface area (Å²) in [5.74, 6) is 0.471. The summed E-state index contributed by atoms with van der Waals surface area (Å²) in [5, 5.41) is 0. The van der Waals surface area contributed by atoms with E-state index in [1.54, 1.807) is 0 Å². The molecule has 0 amide bonds. The van der Waals surface area contributed by atoms with Gasteiger partial charge >= 0.3 is 0 Å². The first-order valence-corrected chi connectivity index (χ1v) is 5.15. The third kappa shape index (κ3) is 2.33. The van der Waals surface area contributed by atoms with Crippen molar-refractivity contribution in [3.05, 3.63) is 35.4 Å². The van der Waals surface area contributed by atoms with Gasteiger partial charge in [0.25, 0.3) is 0 Å². The van der Waals surface area contributed by atoms with Crippen molar-refractivity contribution in [3.8, 4) is 0 Å². The summed E-state index contributed by atoms with van der Waals surface area (Å²) in [5.41, 5.74) is 8.65. The second-order valence-electron chi connectivity index (χ2n) is 4.24. The summed E-state index contributed by atoms with van der Waals surface area (Å²) in [4.78, 5) is 0. The minimum Gasteiger partial charge on any atom is -0.371 e. The lowest BCUT2D eigenvalue weighted by Crippen LogP contribution is -2.37. The molecule has 0 radical (unpaired) electrons. The van der Waals surface area contributed by atoms with Crippen molar-refractivity contribution >= 4 is 12.4 Å². The molecular weight excluding hydrogens is 210 g/mol. The third-order valence-corrected chi connectivity index (χ3v) is 2.86. The third-order valence-electron chi connectivity index (χ3n) is 2.86. The van der Waals surface area contributed by atoms with Gasteiger partial charge in [0.05, 0.1) is 18.8 Å². The van der Waals surface area contributed by atoms with E-state index < -0.39 is 0 Å². The van der Waals surface area contributed by atoms with Gasteiger partial charge in [-0.05, 0) is 17.0 Å². The highest BCUT2D eigenvalue weighted by Gasteiger charge is 2.29.